The van der Waals surface area contributed by atoms with Gasteiger partial charge in [-0.1, -0.05) is 70.4 Å². The van der Waals surface area contributed by atoms with Gasteiger partial charge in [-0.2, -0.15) is 0 Å². The maximum absolute atomic E-state index is 11.0. The number of hydrogen-bond acceptors (Lipinski definition) is 3. The Kier molecular flexibility index (Phi) is 14.5. The molecule has 0 saturated heterocycles. The third-order valence-electron chi connectivity index (χ3n) is 5.49. The summed E-state index contributed by atoms with van der Waals surface area (Å²) in [4.78, 5) is 11.0. The van der Waals surface area contributed by atoms with Crippen LogP contribution in [0.2, 0.25) is 0 Å². The molecule has 0 aliphatic rings. The summed E-state index contributed by atoms with van der Waals surface area (Å²) in [5.74, 6) is -0.308. The Morgan fingerprint density at radius 3 is 2.00 bits per heavy atom. The van der Waals surface area contributed by atoms with Crippen LogP contribution < -0.4 is 0 Å². The van der Waals surface area contributed by atoms with Crippen LogP contribution in [0.25, 0.3) is 0 Å². The fourth-order valence-corrected chi connectivity index (χ4v) is 3.78. The Balaban J connectivity index is 2.52. The molecule has 1 aromatic rings. The average Bonchev–Trinajstić information content (AvgIpc) is 2.71. The second-order valence-corrected chi connectivity index (χ2v) is 7.89. The van der Waals surface area contributed by atoms with E-state index < -0.39 is 5.97 Å². The van der Waals surface area contributed by atoms with Crippen LogP contribution in [-0.4, -0.2) is 30.6 Å². The lowest BCUT2D eigenvalue weighted by Crippen LogP contribution is -2.22. The van der Waals surface area contributed by atoms with Crippen molar-refractivity contribution in [3.63, 3.8) is 0 Å². The summed E-state index contributed by atoms with van der Waals surface area (Å²) in [6.07, 6.45) is 13.4. The molecule has 1 atom stereocenters. The zero-order valence-corrected chi connectivity index (χ0v) is 18.8. The van der Waals surface area contributed by atoms with Crippen LogP contribution in [0.15, 0.2) is 24.3 Å². The molecule has 4 heteroatoms. The highest BCUT2D eigenvalue weighted by molar-refractivity contribution is 5.87. The molecule has 0 fully saturated rings. The zero-order chi connectivity index (χ0) is 21.3. The van der Waals surface area contributed by atoms with Gasteiger partial charge < -0.3 is 14.6 Å². The molecule has 0 saturated carbocycles. The van der Waals surface area contributed by atoms with E-state index in [-0.39, 0.29) is 6.29 Å². The summed E-state index contributed by atoms with van der Waals surface area (Å²) in [5.41, 5.74) is 1.55. The van der Waals surface area contributed by atoms with Gasteiger partial charge in [0, 0.05) is 19.6 Å². The first-order valence-electron chi connectivity index (χ1n) is 11.7. The zero-order valence-electron chi connectivity index (χ0n) is 18.8. The van der Waals surface area contributed by atoms with Crippen LogP contribution in [0.1, 0.15) is 101 Å². The first kappa shape index (κ1) is 25.6. The monoisotopic (exact) mass is 406 g/mol. The molecule has 0 radical (unpaired) electrons. The molecule has 1 unspecified atom stereocenters. The maximum Gasteiger partial charge on any atom is 0.335 e. The lowest BCUT2D eigenvalue weighted by molar-refractivity contribution is -0.146. The van der Waals surface area contributed by atoms with Crippen molar-refractivity contribution in [2.45, 2.75) is 97.7 Å². The molecule has 0 heterocycles. The van der Waals surface area contributed by atoms with Crippen molar-refractivity contribution in [2.75, 3.05) is 13.2 Å². The lowest BCUT2D eigenvalue weighted by Gasteiger charge is -2.24. The van der Waals surface area contributed by atoms with Crippen LogP contribution in [0, 0.1) is 5.92 Å². The van der Waals surface area contributed by atoms with Crippen molar-refractivity contribution in [3.05, 3.63) is 35.4 Å². The SMILES string of the molecule is CCCCCCCCCC(CCc1ccc(C(=O)O)cc1)CC(OCC)OCC. The van der Waals surface area contributed by atoms with Gasteiger partial charge in [0.1, 0.15) is 0 Å². The van der Waals surface area contributed by atoms with E-state index in [0.717, 1.165) is 19.3 Å². The van der Waals surface area contributed by atoms with Crippen molar-refractivity contribution >= 4 is 5.97 Å². The molecule has 0 amide bonds. The number of carbonyl (C=O) groups is 1. The molecule has 1 aromatic carbocycles. The summed E-state index contributed by atoms with van der Waals surface area (Å²) in [5, 5.41) is 9.05. The quantitative estimate of drug-likeness (QED) is 0.214. The normalized spacial score (nSPS) is 12.4. The highest BCUT2D eigenvalue weighted by Crippen LogP contribution is 2.24. The van der Waals surface area contributed by atoms with Crippen molar-refractivity contribution < 1.29 is 19.4 Å². The van der Waals surface area contributed by atoms with Crippen molar-refractivity contribution in [3.8, 4) is 0 Å². The number of aryl methyl sites for hydroxylation is 1. The van der Waals surface area contributed by atoms with E-state index >= 15 is 0 Å². The topological polar surface area (TPSA) is 55.8 Å². The smallest absolute Gasteiger partial charge is 0.335 e. The predicted octanol–water partition coefficient (Wildman–Crippen LogP) is 6.86. The van der Waals surface area contributed by atoms with Gasteiger partial charge in [0.05, 0.1) is 5.56 Å². The molecule has 0 aliphatic heterocycles. The summed E-state index contributed by atoms with van der Waals surface area (Å²) < 4.78 is 11.6. The molecule has 1 N–H and O–H groups in total. The minimum atomic E-state index is -0.871. The van der Waals surface area contributed by atoms with E-state index in [1.165, 1.54) is 56.9 Å². The Morgan fingerprint density at radius 2 is 1.45 bits per heavy atom. The first-order valence-corrected chi connectivity index (χ1v) is 11.7. The Bertz CT molecular complexity index is 520. The number of carboxylic acids is 1. The van der Waals surface area contributed by atoms with Crippen molar-refractivity contribution in [2.24, 2.45) is 5.92 Å². The highest BCUT2D eigenvalue weighted by atomic mass is 16.7. The third kappa shape index (κ3) is 12.0. The maximum atomic E-state index is 11.0. The number of hydrogen-bond donors (Lipinski definition) is 1. The number of ether oxygens (including phenoxy) is 2. The molecular weight excluding hydrogens is 364 g/mol. The van der Waals surface area contributed by atoms with E-state index in [2.05, 4.69) is 6.92 Å². The van der Waals surface area contributed by atoms with Gasteiger partial charge in [0.25, 0.3) is 0 Å². The number of unbranched alkanes of at least 4 members (excludes halogenated alkanes) is 6. The summed E-state index contributed by atoms with van der Waals surface area (Å²) in [6.45, 7) is 7.63. The first-order chi connectivity index (χ1) is 14.1. The average molecular weight is 407 g/mol. The molecule has 0 bridgehead atoms. The molecule has 0 aromatic heterocycles. The minimum Gasteiger partial charge on any atom is -0.478 e. The number of carboxylic acid groups (broad SMARTS) is 1. The largest absolute Gasteiger partial charge is 0.478 e. The fourth-order valence-electron chi connectivity index (χ4n) is 3.78. The van der Waals surface area contributed by atoms with E-state index in [1.807, 2.05) is 26.0 Å². The number of benzene rings is 1. The van der Waals surface area contributed by atoms with Crippen molar-refractivity contribution in [1.29, 1.82) is 0 Å². The van der Waals surface area contributed by atoms with E-state index in [0.29, 0.717) is 24.7 Å². The second kappa shape index (κ2) is 16.4. The van der Waals surface area contributed by atoms with Crippen LogP contribution in [0.4, 0.5) is 0 Å². The predicted molar refractivity (Wildman–Crippen MR) is 119 cm³/mol. The standard InChI is InChI=1S/C25H42O4/c1-4-7-8-9-10-11-12-13-22(20-24(28-5-2)29-6-3)15-14-21-16-18-23(19-17-21)25(26)27/h16-19,22,24H,4-15,20H2,1-3H3,(H,26,27). The van der Waals surface area contributed by atoms with Crippen LogP contribution >= 0.6 is 0 Å². The molecule has 29 heavy (non-hydrogen) atoms. The van der Waals surface area contributed by atoms with Crippen LogP contribution in [-0.2, 0) is 15.9 Å². The van der Waals surface area contributed by atoms with Crippen LogP contribution in [0.5, 0.6) is 0 Å². The molecule has 0 spiro atoms. The molecule has 0 aliphatic carbocycles. The second-order valence-electron chi connectivity index (χ2n) is 7.89. The van der Waals surface area contributed by atoms with E-state index in [4.69, 9.17) is 14.6 Å². The van der Waals surface area contributed by atoms with Gasteiger partial charge in [-0.15, -0.1) is 0 Å². The number of aromatic carboxylic acids is 1. The van der Waals surface area contributed by atoms with Gasteiger partial charge in [-0.3, -0.25) is 0 Å². The van der Waals surface area contributed by atoms with Gasteiger partial charge >= 0.3 is 5.97 Å². The molecular formula is C25H42O4. The van der Waals surface area contributed by atoms with Gasteiger partial charge in [0.15, 0.2) is 6.29 Å². The van der Waals surface area contributed by atoms with Gasteiger partial charge in [-0.05, 0) is 50.3 Å². The van der Waals surface area contributed by atoms with Gasteiger partial charge in [-0.25, -0.2) is 4.79 Å². The molecule has 166 valence electrons. The van der Waals surface area contributed by atoms with E-state index in [9.17, 15) is 4.79 Å². The van der Waals surface area contributed by atoms with Crippen LogP contribution in [0.3, 0.4) is 0 Å². The fraction of sp³-hybridized carbons (Fsp3) is 0.720. The number of rotatable bonds is 18. The van der Waals surface area contributed by atoms with Gasteiger partial charge in [0.2, 0.25) is 0 Å². The minimum absolute atomic E-state index is 0.117. The molecule has 4 nitrogen and oxygen atoms in total. The Labute approximate surface area is 178 Å². The Morgan fingerprint density at radius 1 is 0.862 bits per heavy atom. The highest BCUT2D eigenvalue weighted by Gasteiger charge is 2.17. The van der Waals surface area contributed by atoms with E-state index in [1.54, 1.807) is 12.1 Å². The summed E-state index contributed by atoms with van der Waals surface area (Å²) >= 11 is 0. The molecule has 1 rings (SSSR count). The van der Waals surface area contributed by atoms with Crippen molar-refractivity contribution in [1.82, 2.24) is 0 Å². The lowest BCUT2D eigenvalue weighted by atomic mass is 9.90. The Hall–Kier alpha value is -1.39. The third-order valence-corrected chi connectivity index (χ3v) is 5.49. The summed E-state index contributed by atoms with van der Waals surface area (Å²) in [7, 11) is 0. The summed E-state index contributed by atoms with van der Waals surface area (Å²) in [6, 6.07) is 7.28.